The second kappa shape index (κ2) is 11.0. The first-order chi connectivity index (χ1) is 11.9. The minimum Gasteiger partial charge on any atom is -0.497 e. The van der Waals surface area contributed by atoms with Crippen LogP contribution in [0.15, 0.2) is 29.3 Å². The molecule has 1 aromatic carbocycles. The molecular weight excluding hydrogens is 441 g/mol. The molecule has 2 atom stereocenters. The Balaban J connectivity index is 0.00000338. The van der Waals surface area contributed by atoms with Crippen LogP contribution in [-0.4, -0.2) is 39.4 Å². The molecule has 0 amide bonds. The second-order valence-corrected chi connectivity index (χ2v) is 7.72. The maximum absolute atomic E-state index is 6.06. The number of nitrogens with one attached hydrogen (secondary N) is 2. The van der Waals surface area contributed by atoms with Gasteiger partial charge in [0.2, 0.25) is 0 Å². The van der Waals surface area contributed by atoms with Crippen molar-refractivity contribution in [1.82, 2.24) is 10.6 Å². The Morgan fingerprint density at radius 2 is 2.08 bits per heavy atom. The first-order valence-electron chi connectivity index (χ1n) is 9.13. The molecular formula is C20H34IN3O2. The molecule has 148 valence electrons. The third kappa shape index (κ3) is 6.95. The van der Waals surface area contributed by atoms with Gasteiger partial charge < -0.3 is 20.1 Å². The van der Waals surface area contributed by atoms with Crippen LogP contribution in [0.1, 0.15) is 39.2 Å². The first kappa shape index (κ1) is 23.0. The van der Waals surface area contributed by atoms with Gasteiger partial charge in [0, 0.05) is 32.7 Å². The van der Waals surface area contributed by atoms with Gasteiger partial charge in [0.15, 0.2) is 5.96 Å². The highest BCUT2D eigenvalue weighted by Crippen LogP contribution is 2.33. The molecule has 1 heterocycles. The number of benzene rings is 1. The van der Waals surface area contributed by atoms with E-state index in [1.165, 1.54) is 6.42 Å². The quantitative estimate of drug-likeness (QED) is 0.386. The molecule has 2 rings (SSSR count). The standard InChI is InChI=1S/C20H33N3O2.HI/c1-20(2,3)18-16(9-7-11-25-18)14-23-19(21-4)22-13-15-8-6-10-17(12-15)24-5;/h6,8,10,12,16,18H,7,9,11,13-14H2,1-5H3,(H2,21,22,23);1H. The van der Waals surface area contributed by atoms with E-state index in [0.29, 0.717) is 12.5 Å². The number of ether oxygens (including phenoxy) is 2. The molecule has 0 saturated carbocycles. The maximum atomic E-state index is 6.06. The van der Waals surface area contributed by atoms with Crippen LogP contribution in [0.5, 0.6) is 5.75 Å². The lowest BCUT2D eigenvalue weighted by Gasteiger charge is -2.40. The highest BCUT2D eigenvalue weighted by molar-refractivity contribution is 14.0. The molecule has 0 aromatic heterocycles. The Morgan fingerprint density at radius 1 is 1.31 bits per heavy atom. The van der Waals surface area contributed by atoms with Crippen molar-refractivity contribution in [1.29, 1.82) is 0 Å². The summed E-state index contributed by atoms with van der Waals surface area (Å²) < 4.78 is 11.3. The van der Waals surface area contributed by atoms with Gasteiger partial charge in [-0.25, -0.2) is 0 Å². The Hall–Kier alpha value is -1.02. The van der Waals surface area contributed by atoms with Gasteiger partial charge in [0.25, 0.3) is 0 Å². The lowest BCUT2D eigenvalue weighted by molar-refractivity contribution is -0.0835. The summed E-state index contributed by atoms with van der Waals surface area (Å²) in [4.78, 5) is 4.34. The van der Waals surface area contributed by atoms with E-state index in [1.807, 2.05) is 18.2 Å². The summed E-state index contributed by atoms with van der Waals surface area (Å²) in [6.07, 6.45) is 2.61. The number of hydrogen-bond donors (Lipinski definition) is 2. The summed E-state index contributed by atoms with van der Waals surface area (Å²) in [5.74, 6) is 2.19. The molecule has 2 unspecified atom stereocenters. The van der Waals surface area contributed by atoms with Crippen molar-refractivity contribution in [3.8, 4) is 5.75 Å². The molecule has 1 fully saturated rings. The SMILES string of the molecule is CN=C(NCc1cccc(OC)c1)NCC1CCCOC1C(C)(C)C.I. The smallest absolute Gasteiger partial charge is 0.191 e. The number of rotatable bonds is 5. The minimum absolute atomic E-state index is 0. The highest BCUT2D eigenvalue weighted by atomic mass is 127. The molecule has 1 saturated heterocycles. The zero-order valence-corrected chi connectivity index (χ0v) is 19.0. The van der Waals surface area contributed by atoms with Crippen molar-refractivity contribution in [2.45, 2.75) is 46.3 Å². The number of guanidine groups is 1. The number of hydrogen-bond acceptors (Lipinski definition) is 3. The zero-order valence-electron chi connectivity index (χ0n) is 16.7. The minimum atomic E-state index is 0. The number of methoxy groups -OCH3 is 1. The van der Waals surface area contributed by atoms with E-state index in [-0.39, 0.29) is 35.5 Å². The maximum Gasteiger partial charge on any atom is 0.191 e. The van der Waals surface area contributed by atoms with Crippen LogP contribution in [-0.2, 0) is 11.3 Å². The molecule has 1 aliphatic heterocycles. The molecule has 0 aliphatic carbocycles. The summed E-state index contributed by atoms with van der Waals surface area (Å²) in [7, 11) is 3.49. The van der Waals surface area contributed by atoms with Crippen molar-refractivity contribution < 1.29 is 9.47 Å². The fourth-order valence-electron chi connectivity index (χ4n) is 3.43. The monoisotopic (exact) mass is 475 g/mol. The van der Waals surface area contributed by atoms with Crippen molar-refractivity contribution in [2.75, 3.05) is 27.3 Å². The van der Waals surface area contributed by atoms with Gasteiger partial charge in [-0.05, 0) is 36.0 Å². The van der Waals surface area contributed by atoms with Crippen molar-refractivity contribution >= 4 is 29.9 Å². The Kier molecular flexibility index (Phi) is 9.71. The van der Waals surface area contributed by atoms with Crippen molar-refractivity contribution in [3.05, 3.63) is 29.8 Å². The van der Waals surface area contributed by atoms with E-state index in [2.05, 4.69) is 42.5 Å². The molecule has 26 heavy (non-hydrogen) atoms. The predicted octanol–water partition coefficient (Wildman–Crippen LogP) is 3.82. The van der Waals surface area contributed by atoms with Gasteiger partial charge in [0.05, 0.1) is 13.2 Å². The van der Waals surface area contributed by atoms with E-state index in [9.17, 15) is 0 Å². The molecule has 0 radical (unpaired) electrons. The molecule has 0 bridgehead atoms. The Bertz CT molecular complexity index is 572. The zero-order chi connectivity index (χ0) is 18.3. The molecule has 1 aromatic rings. The highest BCUT2D eigenvalue weighted by Gasteiger charge is 2.35. The van der Waals surface area contributed by atoms with Crippen molar-refractivity contribution in [2.24, 2.45) is 16.3 Å². The van der Waals surface area contributed by atoms with Crippen LogP contribution in [0.2, 0.25) is 0 Å². The van der Waals surface area contributed by atoms with Crippen LogP contribution in [0.4, 0.5) is 0 Å². The van der Waals surface area contributed by atoms with Crippen molar-refractivity contribution in [3.63, 3.8) is 0 Å². The van der Waals surface area contributed by atoms with Gasteiger partial charge in [-0.2, -0.15) is 0 Å². The van der Waals surface area contributed by atoms with Gasteiger partial charge in [-0.3, -0.25) is 4.99 Å². The van der Waals surface area contributed by atoms with Crippen LogP contribution in [0.25, 0.3) is 0 Å². The second-order valence-electron chi connectivity index (χ2n) is 7.72. The molecule has 0 spiro atoms. The van der Waals surface area contributed by atoms with Crippen LogP contribution >= 0.6 is 24.0 Å². The van der Waals surface area contributed by atoms with E-state index in [0.717, 1.165) is 36.8 Å². The van der Waals surface area contributed by atoms with Gasteiger partial charge in [0.1, 0.15) is 5.75 Å². The molecule has 6 heteroatoms. The molecule has 2 N–H and O–H groups in total. The molecule has 1 aliphatic rings. The Morgan fingerprint density at radius 3 is 2.73 bits per heavy atom. The van der Waals surface area contributed by atoms with Crippen LogP contribution in [0, 0.1) is 11.3 Å². The fraction of sp³-hybridized carbons (Fsp3) is 0.650. The average molecular weight is 475 g/mol. The van der Waals surface area contributed by atoms with E-state index in [1.54, 1.807) is 14.2 Å². The van der Waals surface area contributed by atoms with Gasteiger partial charge in [-0.15, -0.1) is 24.0 Å². The average Bonchev–Trinajstić information content (AvgIpc) is 2.61. The number of nitrogens with zero attached hydrogens (tertiary/aromatic N) is 1. The third-order valence-electron chi connectivity index (χ3n) is 4.65. The van der Waals surface area contributed by atoms with E-state index >= 15 is 0 Å². The van der Waals surface area contributed by atoms with Gasteiger partial charge >= 0.3 is 0 Å². The largest absolute Gasteiger partial charge is 0.497 e. The summed E-state index contributed by atoms with van der Waals surface area (Å²) >= 11 is 0. The predicted molar refractivity (Wildman–Crippen MR) is 119 cm³/mol. The normalized spacial score (nSPS) is 20.9. The Labute approximate surface area is 175 Å². The number of aliphatic imine (C=N–C) groups is 1. The lowest BCUT2D eigenvalue weighted by Crippen LogP contribution is -2.47. The van der Waals surface area contributed by atoms with Crippen LogP contribution in [0.3, 0.4) is 0 Å². The summed E-state index contributed by atoms with van der Waals surface area (Å²) in [5, 5.41) is 6.84. The topological polar surface area (TPSA) is 54.9 Å². The summed E-state index contributed by atoms with van der Waals surface area (Å²) in [6, 6.07) is 8.06. The summed E-state index contributed by atoms with van der Waals surface area (Å²) in [6.45, 7) is 9.23. The lowest BCUT2D eigenvalue weighted by atomic mass is 9.78. The molecule has 5 nitrogen and oxygen atoms in total. The van der Waals surface area contributed by atoms with E-state index < -0.39 is 0 Å². The third-order valence-corrected chi connectivity index (χ3v) is 4.65. The summed E-state index contributed by atoms with van der Waals surface area (Å²) in [5.41, 5.74) is 1.32. The first-order valence-corrected chi connectivity index (χ1v) is 9.13. The van der Waals surface area contributed by atoms with Crippen LogP contribution < -0.4 is 15.4 Å². The van der Waals surface area contributed by atoms with Gasteiger partial charge in [-0.1, -0.05) is 32.9 Å². The fourth-order valence-corrected chi connectivity index (χ4v) is 3.43. The van der Waals surface area contributed by atoms with E-state index in [4.69, 9.17) is 9.47 Å². The number of halogens is 1.